The quantitative estimate of drug-likeness (QED) is 0.764. The molecule has 0 atom stereocenters. The van der Waals surface area contributed by atoms with Crippen LogP contribution in [0.4, 0.5) is 5.82 Å². The van der Waals surface area contributed by atoms with Crippen LogP contribution in [0.3, 0.4) is 0 Å². The number of hydrogen-bond donors (Lipinski definition) is 3. The van der Waals surface area contributed by atoms with Gasteiger partial charge in [-0.2, -0.15) is 5.26 Å². The van der Waals surface area contributed by atoms with Gasteiger partial charge >= 0.3 is 0 Å². The van der Waals surface area contributed by atoms with Gasteiger partial charge < -0.3 is 16.2 Å². The Hall–Kier alpha value is -2.58. The van der Waals surface area contributed by atoms with Gasteiger partial charge in [-0.3, -0.25) is 0 Å². The van der Waals surface area contributed by atoms with Crippen LogP contribution >= 0.6 is 0 Å². The predicted octanol–water partition coefficient (Wildman–Crippen LogP) is 3.72. The standard InChI is InChI=1S/C21H26N4O/c1-2-3-5-15-6-4-7-19(26)20(15)18-12-16(14-8-10-24-11-9-14)17(13-22)21(23)25-18/h4,6-7,12,14,24,26H,2-3,5,8-11H2,1H3,(H2,23,25). The van der Waals surface area contributed by atoms with E-state index in [0.717, 1.165) is 61.9 Å². The molecule has 1 fully saturated rings. The Kier molecular flexibility index (Phi) is 5.75. The lowest BCUT2D eigenvalue weighted by Gasteiger charge is -2.25. The summed E-state index contributed by atoms with van der Waals surface area (Å²) < 4.78 is 0. The monoisotopic (exact) mass is 350 g/mol. The number of anilines is 1. The Balaban J connectivity index is 2.12. The molecule has 0 radical (unpaired) electrons. The average Bonchev–Trinajstić information content (AvgIpc) is 2.66. The largest absolute Gasteiger partial charge is 0.507 e. The first-order chi connectivity index (χ1) is 12.7. The lowest BCUT2D eigenvalue weighted by atomic mass is 9.86. The number of phenolic OH excluding ortho intramolecular Hbond substituents is 1. The molecule has 136 valence electrons. The molecule has 0 amide bonds. The third-order valence-corrected chi connectivity index (χ3v) is 5.15. The highest BCUT2D eigenvalue weighted by Crippen LogP contribution is 2.37. The molecular weight excluding hydrogens is 324 g/mol. The van der Waals surface area contributed by atoms with E-state index in [4.69, 9.17) is 5.73 Å². The summed E-state index contributed by atoms with van der Waals surface area (Å²) in [5.74, 6) is 0.759. The zero-order chi connectivity index (χ0) is 18.5. The van der Waals surface area contributed by atoms with Crippen molar-refractivity contribution in [1.82, 2.24) is 10.3 Å². The second-order valence-electron chi connectivity index (χ2n) is 6.91. The van der Waals surface area contributed by atoms with Gasteiger partial charge in [0.25, 0.3) is 0 Å². The second kappa shape index (κ2) is 8.20. The maximum absolute atomic E-state index is 10.5. The number of aryl methyl sites for hydroxylation is 1. The lowest BCUT2D eigenvalue weighted by molar-refractivity contribution is 0.459. The molecule has 5 nitrogen and oxygen atoms in total. The third kappa shape index (κ3) is 3.66. The lowest BCUT2D eigenvalue weighted by Crippen LogP contribution is -2.27. The Labute approximate surface area is 154 Å². The van der Waals surface area contributed by atoms with Gasteiger partial charge in [-0.15, -0.1) is 0 Å². The number of piperidine rings is 1. The van der Waals surface area contributed by atoms with Crippen LogP contribution in [0.2, 0.25) is 0 Å². The van der Waals surface area contributed by atoms with Crippen molar-refractivity contribution in [2.24, 2.45) is 0 Å². The second-order valence-corrected chi connectivity index (χ2v) is 6.91. The Morgan fingerprint density at radius 1 is 1.35 bits per heavy atom. The molecule has 5 heteroatoms. The number of aromatic nitrogens is 1. The highest BCUT2D eigenvalue weighted by atomic mass is 16.3. The van der Waals surface area contributed by atoms with Crippen molar-refractivity contribution in [3.8, 4) is 23.1 Å². The average molecular weight is 350 g/mol. The first kappa shape index (κ1) is 18.2. The van der Waals surface area contributed by atoms with E-state index in [0.29, 0.717) is 17.2 Å². The molecule has 0 aliphatic carbocycles. The predicted molar refractivity (Wildman–Crippen MR) is 104 cm³/mol. The number of nitrogen functional groups attached to an aromatic ring is 1. The van der Waals surface area contributed by atoms with Crippen molar-refractivity contribution in [3.05, 3.63) is 41.0 Å². The molecule has 1 saturated heterocycles. The number of benzene rings is 1. The molecule has 4 N–H and O–H groups in total. The number of phenols is 1. The van der Waals surface area contributed by atoms with E-state index in [9.17, 15) is 10.4 Å². The molecule has 1 aliphatic heterocycles. The number of aromatic hydroxyl groups is 1. The van der Waals surface area contributed by atoms with Crippen molar-refractivity contribution in [1.29, 1.82) is 5.26 Å². The molecular formula is C21H26N4O. The maximum atomic E-state index is 10.5. The fraction of sp³-hybridized carbons (Fsp3) is 0.429. The SMILES string of the molecule is CCCCc1cccc(O)c1-c1cc(C2CCNCC2)c(C#N)c(N)n1. The molecule has 1 aliphatic rings. The molecule has 3 rings (SSSR count). The number of pyridine rings is 1. The minimum absolute atomic E-state index is 0.214. The molecule has 26 heavy (non-hydrogen) atoms. The van der Waals surface area contributed by atoms with Gasteiger partial charge in [0.2, 0.25) is 0 Å². The Morgan fingerprint density at radius 2 is 2.12 bits per heavy atom. The summed E-state index contributed by atoms with van der Waals surface area (Å²) in [4.78, 5) is 4.48. The van der Waals surface area contributed by atoms with Crippen LogP contribution in [0.5, 0.6) is 5.75 Å². The number of nitriles is 1. The number of nitrogens with one attached hydrogen (secondary N) is 1. The number of nitrogens with zero attached hydrogens (tertiary/aromatic N) is 2. The first-order valence-electron chi connectivity index (χ1n) is 9.38. The van der Waals surface area contributed by atoms with Crippen molar-refractivity contribution in [2.45, 2.75) is 44.9 Å². The summed E-state index contributed by atoms with van der Waals surface area (Å²) in [5, 5.41) is 23.4. The van der Waals surface area contributed by atoms with E-state index in [1.807, 2.05) is 18.2 Å². The molecule has 2 heterocycles. The number of hydrogen-bond acceptors (Lipinski definition) is 5. The molecule has 1 aromatic carbocycles. The van der Waals surface area contributed by atoms with Crippen LogP contribution in [0, 0.1) is 11.3 Å². The van der Waals surface area contributed by atoms with E-state index in [1.54, 1.807) is 6.07 Å². The fourth-order valence-corrected chi connectivity index (χ4v) is 3.75. The zero-order valence-electron chi connectivity index (χ0n) is 15.3. The summed E-state index contributed by atoms with van der Waals surface area (Å²) in [7, 11) is 0. The number of nitrogens with two attached hydrogens (primary N) is 1. The molecule has 2 aromatic rings. The van der Waals surface area contributed by atoms with Crippen LogP contribution in [0.15, 0.2) is 24.3 Å². The summed E-state index contributed by atoms with van der Waals surface area (Å²) in [6.07, 6.45) is 4.95. The van der Waals surface area contributed by atoms with Gasteiger partial charge in [-0.1, -0.05) is 25.5 Å². The highest BCUT2D eigenvalue weighted by Gasteiger charge is 2.23. The van der Waals surface area contributed by atoms with Gasteiger partial charge in [0.05, 0.1) is 11.3 Å². The maximum Gasteiger partial charge on any atom is 0.142 e. The van der Waals surface area contributed by atoms with Crippen molar-refractivity contribution in [3.63, 3.8) is 0 Å². The van der Waals surface area contributed by atoms with E-state index in [2.05, 4.69) is 23.3 Å². The molecule has 0 bridgehead atoms. The van der Waals surface area contributed by atoms with Gasteiger partial charge in [-0.05, 0) is 68.0 Å². The zero-order valence-corrected chi connectivity index (χ0v) is 15.3. The number of rotatable bonds is 5. The molecule has 1 aromatic heterocycles. The Morgan fingerprint density at radius 3 is 2.81 bits per heavy atom. The third-order valence-electron chi connectivity index (χ3n) is 5.15. The summed E-state index contributed by atoms with van der Waals surface area (Å²) in [6, 6.07) is 9.78. The summed E-state index contributed by atoms with van der Waals surface area (Å²) in [5.41, 5.74) is 10.1. The van der Waals surface area contributed by atoms with E-state index in [-0.39, 0.29) is 11.6 Å². The van der Waals surface area contributed by atoms with Crippen LogP contribution in [-0.4, -0.2) is 23.2 Å². The van der Waals surface area contributed by atoms with Crippen LogP contribution in [0.1, 0.15) is 55.2 Å². The number of unbranched alkanes of at least 4 members (excludes halogenated alkanes) is 1. The van der Waals surface area contributed by atoms with Crippen molar-refractivity contribution < 1.29 is 5.11 Å². The van der Waals surface area contributed by atoms with Crippen molar-refractivity contribution in [2.75, 3.05) is 18.8 Å². The fourth-order valence-electron chi connectivity index (χ4n) is 3.75. The normalized spacial score (nSPS) is 14.9. The first-order valence-corrected chi connectivity index (χ1v) is 9.38. The van der Waals surface area contributed by atoms with Crippen LogP contribution < -0.4 is 11.1 Å². The molecule has 0 saturated carbocycles. The summed E-state index contributed by atoms with van der Waals surface area (Å²) in [6.45, 7) is 4.02. The van der Waals surface area contributed by atoms with E-state index < -0.39 is 0 Å². The van der Waals surface area contributed by atoms with Crippen LogP contribution in [0.25, 0.3) is 11.3 Å². The van der Waals surface area contributed by atoms with Gasteiger partial charge in [-0.25, -0.2) is 4.98 Å². The Bertz CT molecular complexity index is 819. The van der Waals surface area contributed by atoms with E-state index in [1.165, 1.54) is 0 Å². The van der Waals surface area contributed by atoms with Crippen LogP contribution in [-0.2, 0) is 6.42 Å². The van der Waals surface area contributed by atoms with Gasteiger partial charge in [0.1, 0.15) is 17.6 Å². The highest BCUT2D eigenvalue weighted by molar-refractivity contribution is 5.74. The van der Waals surface area contributed by atoms with Gasteiger partial charge in [0.15, 0.2) is 0 Å². The minimum Gasteiger partial charge on any atom is -0.507 e. The van der Waals surface area contributed by atoms with E-state index >= 15 is 0 Å². The van der Waals surface area contributed by atoms with Gasteiger partial charge in [0, 0.05) is 5.56 Å². The molecule has 0 spiro atoms. The summed E-state index contributed by atoms with van der Waals surface area (Å²) >= 11 is 0. The molecule has 0 unspecified atom stereocenters. The smallest absolute Gasteiger partial charge is 0.142 e. The topological polar surface area (TPSA) is 95.0 Å². The van der Waals surface area contributed by atoms with Crippen molar-refractivity contribution >= 4 is 5.82 Å². The minimum atomic E-state index is 0.214.